The van der Waals surface area contributed by atoms with Crippen LogP contribution in [0.2, 0.25) is 0 Å². The Morgan fingerprint density at radius 1 is 1.05 bits per heavy atom. The van der Waals surface area contributed by atoms with Crippen LogP contribution in [0.4, 0.5) is 10.2 Å². The van der Waals surface area contributed by atoms with Gasteiger partial charge < -0.3 is 5.32 Å². The van der Waals surface area contributed by atoms with Gasteiger partial charge in [0.2, 0.25) is 9.84 Å². The Morgan fingerprint density at radius 3 is 2.18 bits per heavy atom. The maximum atomic E-state index is 12.8. The third-order valence-electron chi connectivity index (χ3n) is 3.11. The minimum atomic E-state index is -3.51. The summed E-state index contributed by atoms with van der Waals surface area (Å²) in [5, 5.41) is 10.6. The van der Waals surface area contributed by atoms with Crippen LogP contribution in [0, 0.1) is 5.82 Å². The summed E-state index contributed by atoms with van der Waals surface area (Å²) < 4.78 is 36.3. The average molecular weight is 323 g/mol. The summed E-state index contributed by atoms with van der Waals surface area (Å²) in [5.74, 6) is 0.164. The summed E-state index contributed by atoms with van der Waals surface area (Å²) in [6.07, 6.45) is 0. The number of halogens is 1. The van der Waals surface area contributed by atoms with E-state index >= 15 is 0 Å². The van der Waals surface area contributed by atoms with E-state index in [1.807, 2.05) is 0 Å². The molecule has 0 unspecified atom stereocenters. The highest BCUT2D eigenvalue weighted by Gasteiger charge is 2.32. The Balaban J connectivity index is 2.08. The van der Waals surface area contributed by atoms with Crippen molar-refractivity contribution in [1.29, 1.82) is 0 Å². The minimum absolute atomic E-state index is 0.0488. The van der Waals surface area contributed by atoms with Crippen molar-refractivity contribution in [1.82, 2.24) is 10.2 Å². The van der Waals surface area contributed by atoms with Gasteiger partial charge in [0.15, 0.2) is 5.03 Å². The Bertz CT molecular complexity index is 736. The first-order chi connectivity index (χ1) is 10.2. The molecule has 7 heteroatoms. The second kappa shape index (κ2) is 6.00. The topological polar surface area (TPSA) is 72.0 Å². The molecule has 0 radical (unpaired) electrons. The predicted octanol–water partition coefficient (Wildman–Crippen LogP) is 2.80. The predicted molar refractivity (Wildman–Crippen MR) is 82.7 cm³/mol. The van der Waals surface area contributed by atoms with Crippen molar-refractivity contribution in [2.75, 3.05) is 5.32 Å². The Hall–Kier alpha value is -2.02. The van der Waals surface area contributed by atoms with Gasteiger partial charge in [0.05, 0.1) is 4.75 Å². The number of nitrogens with zero attached hydrogens (tertiary/aromatic N) is 2. The highest BCUT2D eigenvalue weighted by Crippen LogP contribution is 2.23. The normalized spacial score (nSPS) is 12.2. The Kier molecular flexibility index (Phi) is 4.46. The van der Waals surface area contributed by atoms with Gasteiger partial charge >= 0.3 is 0 Å². The van der Waals surface area contributed by atoms with Gasteiger partial charge in [-0.2, -0.15) is 0 Å². The summed E-state index contributed by atoms with van der Waals surface area (Å²) in [4.78, 5) is 0. The molecule has 5 nitrogen and oxygen atoms in total. The van der Waals surface area contributed by atoms with Crippen molar-refractivity contribution >= 4 is 15.7 Å². The molecule has 1 heterocycles. The number of anilines is 1. The maximum absolute atomic E-state index is 12.8. The van der Waals surface area contributed by atoms with E-state index in [1.54, 1.807) is 39.0 Å². The van der Waals surface area contributed by atoms with E-state index in [0.717, 1.165) is 5.56 Å². The van der Waals surface area contributed by atoms with Crippen LogP contribution in [0.1, 0.15) is 26.3 Å². The van der Waals surface area contributed by atoms with E-state index in [9.17, 15) is 12.8 Å². The van der Waals surface area contributed by atoms with Crippen molar-refractivity contribution in [2.45, 2.75) is 37.1 Å². The van der Waals surface area contributed by atoms with Crippen LogP contribution in [0.3, 0.4) is 0 Å². The second-order valence-electron chi connectivity index (χ2n) is 5.85. The first kappa shape index (κ1) is 16.4. The largest absolute Gasteiger partial charge is 0.365 e. The maximum Gasteiger partial charge on any atom is 0.202 e. The number of hydrogen-bond donors (Lipinski definition) is 1. The zero-order valence-corrected chi connectivity index (χ0v) is 13.5. The third kappa shape index (κ3) is 3.59. The van der Waals surface area contributed by atoms with Crippen LogP contribution in [-0.4, -0.2) is 23.4 Å². The molecule has 1 N–H and O–H groups in total. The molecular formula is C15H18FN3O2S. The number of hydrogen-bond acceptors (Lipinski definition) is 5. The Labute approximate surface area is 129 Å². The van der Waals surface area contributed by atoms with E-state index in [-0.39, 0.29) is 10.8 Å². The molecule has 1 aromatic carbocycles. The molecule has 0 aliphatic heterocycles. The lowest BCUT2D eigenvalue weighted by Gasteiger charge is -2.18. The van der Waals surface area contributed by atoms with Gasteiger partial charge in [-0.15, -0.1) is 10.2 Å². The molecule has 2 rings (SSSR count). The minimum Gasteiger partial charge on any atom is -0.365 e. The quantitative estimate of drug-likeness (QED) is 0.937. The van der Waals surface area contributed by atoms with Crippen LogP contribution >= 0.6 is 0 Å². The van der Waals surface area contributed by atoms with Gasteiger partial charge in [0, 0.05) is 6.54 Å². The van der Waals surface area contributed by atoms with Gasteiger partial charge in [0.1, 0.15) is 11.6 Å². The van der Waals surface area contributed by atoms with E-state index < -0.39 is 14.6 Å². The van der Waals surface area contributed by atoms with Gasteiger partial charge in [-0.05, 0) is 50.6 Å². The van der Waals surface area contributed by atoms with E-state index in [1.165, 1.54) is 18.2 Å². The number of rotatable bonds is 4. The fourth-order valence-corrected chi connectivity index (χ4v) is 2.69. The van der Waals surface area contributed by atoms with E-state index in [4.69, 9.17) is 0 Å². The molecule has 0 bridgehead atoms. The van der Waals surface area contributed by atoms with Crippen LogP contribution in [0.5, 0.6) is 0 Å². The lowest BCUT2D eigenvalue weighted by Crippen LogP contribution is -2.28. The molecule has 0 aliphatic rings. The van der Waals surface area contributed by atoms with Crippen molar-refractivity contribution in [2.24, 2.45) is 0 Å². The fraction of sp³-hybridized carbons (Fsp3) is 0.333. The first-order valence-electron chi connectivity index (χ1n) is 6.77. The summed E-state index contributed by atoms with van der Waals surface area (Å²) in [7, 11) is -3.51. The molecular weight excluding hydrogens is 305 g/mol. The molecule has 0 saturated carbocycles. The summed E-state index contributed by atoms with van der Waals surface area (Å²) >= 11 is 0. The number of benzene rings is 1. The number of aromatic nitrogens is 2. The fourth-order valence-electron chi connectivity index (χ4n) is 1.67. The highest BCUT2D eigenvalue weighted by atomic mass is 32.2. The lowest BCUT2D eigenvalue weighted by molar-refractivity contribution is 0.554. The first-order valence-corrected chi connectivity index (χ1v) is 8.25. The molecule has 0 amide bonds. The second-order valence-corrected chi connectivity index (χ2v) is 8.50. The lowest BCUT2D eigenvalue weighted by atomic mass is 10.2. The summed E-state index contributed by atoms with van der Waals surface area (Å²) in [5.41, 5.74) is 0.884. The molecule has 0 fully saturated rings. The van der Waals surface area contributed by atoms with Crippen LogP contribution in [-0.2, 0) is 16.4 Å². The zero-order valence-electron chi connectivity index (χ0n) is 12.7. The number of sulfone groups is 1. The Morgan fingerprint density at radius 2 is 1.68 bits per heavy atom. The van der Waals surface area contributed by atoms with Crippen molar-refractivity contribution in [3.05, 3.63) is 47.8 Å². The zero-order chi connectivity index (χ0) is 16.4. The molecule has 0 spiro atoms. The van der Waals surface area contributed by atoms with Gasteiger partial charge in [-0.3, -0.25) is 0 Å². The summed E-state index contributed by atoms with van der Waals surface area (Å²) in [6, 6.07) is 9.07. The van der Waals surface area contributed by atoms with Crippen LogP contribution in [0.25, 0.3) is 0 Å². The molecule has 22 heavy (non-hydrogen) atoms. The highest BCUT2D eigenvalue weighted by molar-refractivity contribution is 7.92. The monoisotopic (exact) mass is 323 g/mol. The van der Waals surface area contributed by atoms with Crippen molar-refractivity contribution in [3.8, 4) is 0 Å². The number of nitrogens with one attached hydrogen (secondary N) is 1. The van der Waals surface area contributed by atoms with Crippen LogP contribution < -0.4 is 5.32 Å². The van der Waals surface area contributed by atoms with Gasteiger partial charge in [0.25, 0.3) is 0 Å². The van der Waals surface area contributed by atoms with Crippen LogP contribution in [0.15, 0.2) is 41.4 Å². The SMILES string of the molecule is CC(C)(C)S(=O)(=O)c1ccc(NCc2ccc(F)cc2)nn1. The summed E-state index contributed by atoms with van der Waals surface area (Å²) in [6.45, 7) is 5.29. The molecule has 2 aromatic rings. The third-order valence-corrected chi connectivity index (χ3v) is 5.49. The molecule has 118 valence electrons. The molecule has 0 aliphatic carbocycles. The van der Waals surface area contributed by atoms with Gasteiger partial charge in [-0.25, -0.2) is 12.8 Å². The smallest absolute Gasteiger partial charge is 0.202 e. The average Bonchev–Trinajstić information content (AvgIpc) is 2.46. The standard InChI is InChI=1S/C15H18FN3O2S/c1-15(2,3)22(20,21)14-9-8-13(18-19-14)17-10-11-4-6-12(16)7-5-11/h4-9H,10H2,1-3H3,(H,17,18). The van der Waals surface area contributed by atoms with E-state index in [0.29, 0.717) is 12.4 Å². The van der Waals surface area contributed by atoms with Gasteiger partial charge in [-0.1, -0.05) is 12.1 Å². The molecule has 0 atom stereocenters. The molecule has 0 saturated heterocycles. The van der Waals surface area contributed by atoms with Crippen molar-refractivity contribution < 1.29 is 12.8 Å². The van der Waals surface area contributed by atoms with E-state index in [2.05, 4.69) is 15.5 Å². The van der Waals surface area contributed by atoms with Crippen molar-refractivity contribution in [3.63, 3.8) is 0 Å². The molecule has 1 aromatic heterocycles.